The van der Waals surface area contributed by atoms with Gasteiger partial charge in [-0.1, -0.05) is 12.1 Å². The summed E-state index contributed by atoms with van der Waals surface area (Å²) >= 11 is 0. The molecule has 4 heteroatoms. The molecule has 1 saturated carbocycles. The van der Waals surface area contributed by atoms with Crippen LogP contribution in [0.5, 0.6) is 0 Å². The largest absolute Gasteiger partial charge is 0.352 e. The number of carbonyl (C=O) groups is 2. The first-order valence-corrected chi connectivity index (χ1v) is 7.37. The average molecular weight is 272 g/mol. The van der Waals surface area contributed by atoms with E-state index in [1.807, 2.05) is 29.2 Å². The number of carbonyl (C=O) groups excluding carboxylic acids is 2. The zero-order valence-corrected chi connectivity index (χ0v) is 11.6. The second-order valence-electron chi connectivity index (χ2n) is 5.77. The zero-order valence-electron chi connectivity index (χ0n) is 11.6. The maximum atomic E-state index is 11.9. The molecule has 1 aromatic rings. The van der Waals surface area contributed by atoms with Gasteiger partial charge in [0, 0.05) is 31.6 Å². The van der Waals surface area contributed by atoms with Crippen molar-refractivity contribution in [2.24, 2.45) is 5.92 Å². The lowest BCUT2D eigenvalue weighted by molar-refractivity contribution is -0.128. The van der Waals surface area contributed by atoms with Crippen molar-refractivity contribution in [2.75, 3.05) is 13.1 Å². The van der Waals surface area contributed by atoms with Crippen LogP contribution in [-0.2, 0) is 11.3 Å². The maximum Gasteiger partial charge on any atom is 0.251 e. The number of benzene rings is 1. The first-order valence-electron chi connectivity index (χ1n) is 7.37. The molecule has 20 heavy (non-hydrogen) atoms. The fourth-order valence-electron chi connectivity index (χ4n) is 2.51. The maximum absolute atomic E-state index is 11.9. The van der Waals surface area contributed by atoms with Crippen LogP contribution in [0.4, 0.5) is 0 Å². The minimum absolute atomic E-state index is 0.000647. The number of nitrogens with zero attached hydrogens (tertiary/aromatic N) is 1. The van der Waals surface area contributed by atoms with Gasteiger partial charge >= 0.3 is 0 Å². The van der Waals surface area contributed by atoms with Gasteiger partial charge < -0.3 is 10.2 Å². The highest BCUT2D eigenvalue weighted by Gasteiger charge is 2.22. The van der Waals surface area contributed by atoms with E-state index in [1.54, 1.807) is 0 Å². The highest BCUT2D eigenvalue weighted by molar-refractivity contribution is 5.94. The molecule has 0 bridgehead atoms. The van der Waals surface area contributed by atoms with Gasteiger partial charge in [-0.2, -0.15) is 0 Å². The van der Waals surface area contributed by atoms with E-state index in [2.05, 4.69) is 5.32 Å². The zero-order chi connectivity index (χ0) is 13.9. The van der Waals surface area contributed by atoms with Crippen molar-refractivity contribution in [3.05, 3.63) is 35.4 Å². The molecule has 3 rings (SSSR count). The standard InChI is InChI=1S/C16H20N2O2/c19-15-2-1-9-18(15)11-13-5-7-14(8-6-13)16(20)17-10-12-3-4-12/h5-8,12H,1-4,9-11H2,(H,17,20). The fraction of sp³-hybridized carbons (Fsp3) is 0.500. The van der Waals surface area contributed by atoms with Gasteiger partial charge in [0.05, 0.1) is 0 Å². The smallest absolute Gasteiger partial charge is 0.251 e. The number of nitrogens with one attached hydrogen (secondary N) is 1. The Labute approximate surface area is 119 Å². The Morgan fingerprint density at radius 1 is 1.25 bits per heavy atom. The summed E-state index contributed by atoms with van der Waals surface area (Å²) in [6.07, 6.45) is 4.11. The van der Waals surface area contributed by atoms with Crippen LogP contribution in [0.3, 0.4) is 0 Å². The molecule has 1 aliphatic heterocycles. The van der Waals surface area contributed by atoms with Crippen LogP contribution >= 0.6 is 0 Å². The fourth-order valence-corrected chi connectivity index (χ4v) is 2.51. The van der Waals surface area contributed by atoms with Crippen molar-refractivity contribution in [3.8, 4) is 0 Å². The van der Waals surface area contributed by atoms with E-state index in [-0.39, 0.29) is 11.8 Å². The summed E-state index contributed by atoms with van der Waals surface area (Å²) in [5.74, 6) is 0.927. The van der Waals surface area contributed by atoms with Gasteiger partial charge in [0.15, 0.2) is 0 Å². The van der Waals surface area contributed by atoms with E-state index in [0.717, 1.165) is 25.1 Å². The molecular formula is C16H20N2O2. The van der Waals surface area contributed by atoms with Crippen LogP contribution in [0.2, 0.25) is 0 Å². The van der Waals surface area contributed by atoms with E-state index >= 15 is 0 Å². The molecule has 0 atom stereocenters. The van der Waals surface area contributed by atoms with Crippen molar-refractivity contribution < 1.29 is 9.59 Å². The van der Waals surface area contributed by atoms with Crippen LogP contribution in [0.1, 0.15) is 41.6 Å². The number of hydrogen-bond donors (Lipinski definition) is 1. The van der Waals surface area contributed by atoms with Gasteiger partial charge in [0.2, 0.25) is 5.91 Å². The molecule has 2 fully saturated rings. The average Bonchev–Trinajstić information content (AvgIpc) is 3.21. The molecule has 2 amide bonds. The highest BCUT2D eigenvalue weighted by Crippen LogP contribution is 2.27. The Bertz CT molecular complexity index is 506. The number of amides is 2. The monoisotopic (exact) mass is 272 g/mol. The molecule has 2 aliphatic rings. The highest BCUT2D eigenvalue weighted by atomic mass is 16.2. The normalized spacial score (nSPS) is 18.4. The first kappa shape index (κ1) is 13.2. The first-order chi connectivity index (χ1) is 9.72. The molecule has 0 unspecified atom stereocenters. The van der Waals surface area contributed by atoms with E-state index in [9.17, 15) is 9.59 Å². The quantitative estimate of drug-likeness (QED) is 0.890. The van der Waals surface area contributed by atoms with Crippen LogP contribution in [0, 0.1) is 5.92 Å². The molecule has 0 spiro atoms. The summed E-state index contributed by atoms with van der Waals surface area (Å²) in [5.41, 5.74) is 1.78. The van der Waals surface area contributed by atoms with Gasteiger partial charge in [-0.05, 0) is 42.9 Å². The molecule has 1 N–H and O–H groups in total. The van der Waals surface area contributed by atoms with Gasteiger partial charge in [0.1, 0.15) is 0 Å². The lowest BCUT2D eigenvalue weighted by atomic mass is 10.1. The predicted molar refractivity (Wildman–Crippen MR) is 76.2 cm³/mol. The Morgan fingerprint density at radius 3 is 2.60 bits per heavy atom. The second kappa shape index (κ2) is 5.65. The predicted octanol–water partition coefficient (Wildman–Crippen LogP) is 1.95. The summed E-state index contributed by atoms with van der Waals surface area (Å²) in [6, 6.07) is 7.57. The van der Waals surface area contributed by atoms with Crippen LogP contribution in [0.15, 0.2) is 24.3 Å². The molecule has 4 nitrogen and oxygen atoms in total. The Morgan fingerprint density at radius 2 is 2.00 bits per heavy atom. The third-order valence-corrected chi connectivity index (χ3v) is 4.01. The summed E-state index contributed by atoms with van der Waals surface area (Å²) in [5, 5.41) is 2.96. The minimum atomic E-state index is 0.000647. The molecule has 106 valence electrons. The molecule has 1 aliphatic carbocycles. The Kier molecular flexibility index (Phi) is 3.72. The van der Waals surface area contributed by atoms with Gasteiger partial charge in [-0.15, -0.1) is 0 Å². The van der Waals surface area contributed by atoms with Crippen molar-refractivity contribution in [1.82, 2.24) is 10.2 Å². The molecule has 0 aromatic heterocycles. The van der Waals surface area contributed by atoms with Crippen molar-refractivity contribution >= 4 is 11.8 Å². The summed E-state index contributed by atoms with van der Waals surface area (Å²) < 4.78 is 0. The molecule has 1 saturated heterocycles. The SMILES string of the molecule is O=C(NCC1CC1)c1ccc(CN2CCCC2=O)cc1. The summed E-state index contributed by atoms with van der Waals surface area (Å²) in [4.78, 5) is 25.4. The number of rotatable bonds is 5. The minimum Gasteiger partial charge on any atom is -0.352 e. The van der Waals surface area contributed by atoms with E-state index < -0.39 is 0 Å². The third-order valence-electron chi connectivity index (χ3n) is 4.01. The second-order valence-corrected chi connectivity index (χ2v) is 5.77. The van der Waals surface area contributed by atoms with Crippen molar-refractivity contribution in [3.63, 3.8) is 0 Å². The van der Waals surface area contributed by atoms with Gasteiger partial charge in [-0.25, -0.2) is 0 Å². The Hall–Kier alpha value is -1.84. The Balaban J connectivity index is 1.55. The van der Waals surface area contributed by atoms with E-state index in [1.165, 1.54) is 12.8 Å². The van der Waals surface area contributed by atoms with Crippen molar-refractivity contribution in [2.45, 2.75) is 32.2 Å². The van der Waals surface area contributed by atoms with Gasteiger partial charge in [0.25, 0.3) is 5.91 Å². The third kappa shape index (κ3) is 3.18. The summed E-state index contributed by atoms with van der Waals surface area (Å²) in [7, 11) is 0. The molecule has 1 aromatic carbocycles. The van der Waals surface area contributed by atoms with Crippen molar-refractivity contribution in [1.29, 1.82) is 0 Å². The van der Waals surface area contributed by atoms with E-state index in [0.29, 0.717) is 24.4 Å². The lowest BCUT2D eigenvalue weighted by Gasteiger charge is -2.15. The van der Waals surface area contributed by atoms with Crippen LogP contribution < -0.4 is 5.32 Å². The van der Waals surface area contributed by atoms with Crippen LogP contribution in [0.25, 0.3) is 0 Å². The lowest BCUT2D eigenvalue weighted by Crippen LogP contribution is -2.26. The van der Waals surface area contributed by atoms with E-state index in [4.69, 9.17) is 0 Å². The molecular weight excluding hydrogens is 252 g/mol. The van der Waals surface area contributed by atoms with Crippen LogP contribution in [-0.4, -0.2) is 29.8 Å². The van der Waals surface area contributed by atoms with Gasteiger partial charge in [-0.3, -0.25) is 9.59 Å². The number of likely N-dealkylation sites (tertiary alicyclic amines) is 1. The molecule has 1 heterocycles. The summed E-state index contributed by atoms with van der Waals surface area (Å²) in [6.45, 7) is 2.30. The number of hydrogen-bond acceptors (Lipinski definition) is 2. The topological polar surface area (TPSA) is 49.4 Å². The molecule has 0 radical (unpaired) electrons.